The fraction of sp³-hybridized carbons (Fsp3) is 0.0556. The fourth-order valence-corrected chi connectivity index (χ4v) is 2.75. The molecule has 23 heavy (non-hydrogen) atoms. The average molecular weight is 301 g/mol. The SMILES string of the molecule is Nc1nccc(-c2c(Cc3ccccc3)nn3ccccc23)n1. The molecule has 4 aromatic rings. The molecule has 5 nitrogen and oxygen atoms in total. The van der Waals surface area contributed by atoms with Crippen molar-refractivity contribution in [3.63, 3.8) is 0 Å². The van der Waals surface area contributed by atoms with Crippen molar-refractivity contribution in [2.45, 2.75) is 6.42 Å². The molecule has 0 bridgehead atoms. The molecular formula is C18H15N5. The lowest BCUT2D eigenvalue weighted by Gasteiger charge is -2.04. The van der Waals surface area contributed by atoms with Crippen LogP contribution in [0.3, 0.4) is 0 Å². The molecule has 0 spiro atoms. The summed E-state index contributed by atoms with van der Waals surface area (Å²) in [7, 11) is 0. The Balaban J connectivity index is 1.91. The summed E-state index contributed by atoms with van der Waals surface area (Å²) < 4.78 is 1.88. The van der Waals surface area contributed by atoms with E-state index in [1.165, 1.54) is 5.56 Å². The summed E-state index contributed by atoms with van der Waals surface area (Å²) in [6.07, 6.45) is 4.36. The summed E-state index contributed by atoms with van der Waals surface area (Å²) >= 11 is 0. The van der Waals surface area contributed by atoms with Crippen LogP contribution in [0.15, 0.2) is 67.0 Å². The van der Waals surface area contributed by atoms with Gasteiger partial charge in [-0.05, 0) is 23.8 Å². The number of benzene rings is 1. The van der Waals surface area contributed by atoms with Gasteiger partial charge in [0.25, 0.3) is 0 Å². The van der Waals surface area contributed by atoms with Gasteiger partial charge in [0.05, 0.1) is 16.9 Å². The van der Waals surface area contributed by atoms with Crippen molar-refractivity contribution in [2.24, 2.45) is 0 Å². The normalized spacial score (nSPS) is 11.0. The van der Waals surface area contributed by atoms with E-state index in [1.807, 2.05) is 53.2 Å². The zero-order valence-electron chi connectivity index (χ0n) is 12.4. The molecule has 4 rings (SSSR count). The maximum atomic E-state index is 5.76. The van der Waals surface area contributed by atoms with E-state index in [4.69, 9.17) is 10.8 Å². The molecule has 0 saturated carbocycles. The Morgan fingerprint density at radius 2 is 1.78 bits per heavy atom. The maximum Gasteiger partial charge on any atom is 0.220 e. The number of fused-ring (bicyclic) bond motifs is 1. The minimum Gasteiger partial charge on any atom is -0.368 e. The number of nitrogens with two attached hydrogens (primary N) is 1. The number of rotatable bonds is 3. The second kappa shape index (κ2) is 5.53. The van der Waals surface area contributed by atoms with Gasteiger partial charge < -0.3 is 5.73 Å². The van der Waals surface area contributed by atoms with Gasteiger partial charge in [0, 0.05) is 24.4 Å². The van der Waals surface area contributed by atoms with Crippen LogP contribution in [-0.4, -0.2) is 19.6 Å². The van der Waals surface area contributed by atoms with Crippen molar-refractivity contribution in [3.8, 4) is 11.3 Å². The first-order valence-electron chi connectivity index (χ1n) is 7.40. The van der Waals surface area contributed by atoms with Crippen molar-refractivity contribution in [1.29, 1.82) is 0 Å². The Morgan fingerprint density at radius 1 is 0.957 bits per heavy atom. The first-order chi connectivity index (χ1) is 11.3. The van der Waals surface area contributed by atoms with Crippen molar-refractivity contribution in [2.75, 3.05) is 5.73 Å². The van der Waals surface area contributed by atoms with Crippen LogP contribution >= 0.6 is 0 Å². The molecule has 2 N–H and O–H groups in total. The number of hydrogen-bond acceptors (Lipinski definition) is 4. The molecular weight excluding hydrogens is 286 g/mol. The summed E-state index contributed by atoms with van der Waals surface area (Å²) in [6, 6.07) is 18.1. The van der Waals surface area contributed by atoms with Gasteiger partial charge in [-0.25, -0.2) is 14.5 Å². The minimum atomic E-state index is 0.267. The van der Waals surface area contributed by atoms with Crippen molar-refractivity contribution in [1.82, 2.24) is 19.6 Å². The lowest BCUT2D eigenvalue weighted by Crippen LogP contribution is -1.97. The molecule has 0 radical (unpaired) electrons. The van der Waals surface area contributed by atoms with Crippen LogP contribution in [0.4, 0.5) is 5.95 Å². The smallest absolute Gasteiger partial charge is 0.220 e. The molecule has 0 unspecified atom stereocenters. The quantitative estimate of drug-likeness (QED) is 0.631. The zero-order valence-corrected chi connectivity index (χ0v) is 12.4. The van der Waals surface area contributed by atoms with Crippen LogP contribution in [0.5, 0.6) is 0 Å². The second-order valence-corrected chi connectivity index (χ2v) is 5.31. The van der Waals surface area contributed by atoms with Gasteiger partial charge in [0.2, 0.25) is 5.95 Å². The number of aromatic nitrogens is 4. The van der Waals surface area contributed by atoms with E-state index < -0.39 is 0 Å². The highest BCUT2D eigenvalue weighted by atomic mass is 15.2. The Hall–Kier alpha value is -3.21. The van der Waals surface area contributed by atoms with Gasteiger partial charge in [-0.2, -0.15) is 5.10 Å². The Bertz CT molecular complexity index is 959. The molecule has 0 amide bonds. The van der Waals surface area contributed by atoms with Gasteiger partial charge in [-0.3, -0.25) is 0 Å². The molecule has 3 aromatic heterocycles. The minimum absolute atomic E-state index is 0.267. The molecule has 112 valence electrons. The predicted octanol–water partition coefficient (Wildman–Crippen LogP) is 2.96. The number of nitrogens with zero attached hydrogens (tertiary/aromatic N) is 4. The van der Waals surface area contributed by atoms with Crippen LogP contribution in [-0.2, 0) is 6.42 Å². The van der Waals surface area contributed by atoms with Gasteiger partial charge in [0.15, 0.2) is 0 Å². The lowest BCUT2D eigenvalue weighted by molar-refractivity contribution is 0.909. The van der Waals surface area contributed by atoms with E-state index in [-0.39, 0.29) is 5.95 Å². The third-order valence-electron chi connectivity index (χ3n) is 3.76. The summed E-state index contributed by atoms with van der Waals surface area (Å²) in [6.45, 7) is 0. The standard InChI is InChI=1S/C18H15N5/c19-18-20-10-9-14(21-18)17-15(12-13-6-2-1-3-7-13)22-23-11-5-4-8-16(17)23/h1-11H,12H2,(H2,19,20,21). The third kappa shape index (κ3) is 2.53. The largest absolute Gasteiger partial charge is 0.368 e. The van der Waals surface area contributed by atoms with Crippen LogP contribution in [0.2, 0.25) is 0 Å². The van der Waals surface area contributed by atoms with Crippen molar-refractivity contribution >= 4 is 11.5 Å². The van der Waals surface area contributed by atoms with E-state index in [9.17, 15) is 0 Å². The first-order valence-corrected chi connectivity index (χ1v) is 7.40. The summed E-state index contributed by atoms with van der Waals surface area (Å²) in [5, 5.41) is 4.73. The molecule has 3 heterocycles. The molecule has 0 aliphatic rings. The van der Waals surface area contributed by atoms with E-state index >= 15 is 0 Å². The lowest BCUT2D eigenvalue weighted by atomic mass is 10.0. The number of nitrogen functional groups attached to an aromatic ring is 1. The highest BCUT2D eigenvalue weighted by molar-refractivity contribution is 5.81. The summed E-state index contributed by atoms with van der Waals surface area (Å²) in [5.41, 5.74) is 10.8. The average Bonchev–Trinajstić information content (AvgIpc) is 2.93. The van der Waals surface area contributed by atoms with Crippen LogP contribution in [0, 0.1) is 0 Å². The van der Waals surface area contributed by atoms with Gasteiger partial charge >= 0.3 is 0 Å². The zero-order chi connectivity index (χ0) is 15.6. The molecule has 5 heteroatoms. The molecule has 0 saturated heterocycles. The van der Waals surface area contributed by atoms with Crippen LogP contribution < -0.4 is 5.73 Å². The highest BCUT2D eigenvalue weighted by Crippen LogP contribution is 2.28. The molecule has 1 aromatic carbocycles. The van der Waals surface area contributed by atoms with Gasteiger partial charge in [-0.1, -0.05) is 36.4 Å². The maximum absolute atomic E-state index is 5.76. The van der Waals surface area contributed by atoms with E-state index in [1.54, 1.807) is 6.20 Å². The van der Waals surface area contributed by atoms with Gasteiger partial charge in [0.1, 0.15) is 0 Å². The van der Waals surface area contributed by atoms with Crippen molar-refractivity contribution < 1.29 is 0 Å². The van der Waals surface area contributed by atoms with Crippen LogP contribution in [0.1, 0.15) is 11.3 Å². The second-order valence-electron chi connectivity index (χ2n) is 5.31. The summed E-state index contributed by atoms with van der Waals surface area (Å²) in [5.74, 6) is 0.267. The first kappa shape index (κ1) is 13.5. The topological polar surface area (TPSA) is 69.1 Å². The Morgan fingerprint density at radius 3 is 2.61 bits per heavy atom. The van der Waals surface area contributed by atoms with E-state index in [0.29, 0.717) is 0 Å². The Labute approximate surface area is 133 Å². The molecule has 0 aliphatic heterocycles. The van der Waals surface area contributed by atoms with Gasteiger partial charge in [-0.15, -0.1) is 0 Å². The molecule has 0 aliphatic carbocycles. The Kier molecular flexibility index (Phi) is 3.24. The number of hydrogen-bond donors (Lipinski definition) is 1. The van der Waals surface area contributed by atoms with E-state index in [2.05, 4.69) is 22.1 Å². The third-order valence-corrected chi connectivity index (χ3v) is 3.76. The monoisotopic (exact) mass is 301 g/mol. The predicted molar refractivity (Wildman–Crippen MR) is 89.9 cm³/mol. The fourth-order valence-electron chi connectivity index (χ4n) is 2.75. The highest BCUT2D eigenvalue weighted by Gasteiger charge is 2.16. The van der Waals surface area contributed by atoms with Crippen LogP contribution in [0.25, 0.3) is 16.8 Å². The molecule has 0 fully saturated rings. The summed E-state index contributed by atoms with van der Waals surface area (Å²) in [4.78, 5) is 8.36. The number of anilines is 1. The van der Waals surface area contributed by atoms with E-state index in [0.717, 1.165) is 28.9 Å². The molecule has 0 atom stereocenters. The number of pyridine rings is 1. The van der Waals surface area contributed by atoms with Crippen molar-refractivity contribution in [3.05, 3.63) is 78.2 Å².